The van der Waals surface area contributed by atoms with Gasteiger partial charge in [0.1, 0.15) is 6.33 Å². The maximum absolute atomic E-state index is 10.7. The van der Waals surface area contributed by atoms with E-state index in [1.807, 2.05) is 0 Å². The molecule has 0 aliphatic carbocycles. The second-order valence-electron chi connectivity index (χ2n) is 1.85. The maximum Gasteiger partial charge on any atom is 0.343 e. The van der Waals surface area contributed by atoms with E-state index in [-0.39, 0.29) is 5.69 Å². The first-order valence-electron chi connectivity index (χ1n) is 2.93. The molecule has 0 spiro atoms. The number of aromatic nitrogens is 3. The van der Waals surface area contributed by atoms with Crippen LogP contribution in [0.5, 0.6) is 0 Å². The van der Waals surface area contributed by atoms with Crippen LogP contribution in [-0.4, -0.2) is 28.5 Å². The molecule has 0 fully saturated rings. The predicted octanol–water partition coefficient (Wildman–Crippen LogP) is -0.782. The maximum atomic E-state index is 10.7. The van der Waals surface area contributed by atoms with Crippen LogP contribution in [0.1, 0.15) is 0 Å². The summed E-state index contributed by atoms with van der Waals surface area (Å²) in [5.74, 6) is 0. The summed E-state index contributed by atoms with van der Waals surface area (Å²) in [6.45, 7) is 1.07. The summed E-state index contributed by atoms with van der Waals surface area (Å²) >= 11 is 0. The number of hydrogen-bond donors (Lipinski definition) is 1. The standard InChI is InChI=1S/C5H9N3O2/c1-10-3-2-8-4-6-7-5(8)9/h4H,2-3H2,1H3,(H,7,9). The number of rotatable bonds is 3. The molecule has 0 saturated carbocycles. The monoisotopic (exact) mass is 143 g/mol. The minimum absolute atomic E-state index is 0.197. The van der Waals surface area contributed by atoms with Crippen molar-refractivity contribution in [1.82, 2.24) is 14.8 Å². The molecule has 1 aromatic rings. The lowest BCUT2D eigenvalue weighted by Crippen LogP contribution is -2.18. The van der Waals surface area contributed by atoms with Crippen molar-refractivity contribution in [3.63, 3.8) is 0 Å². The molecule has 10 heavy (non-hydrogen) atoms. The number of ether oxygens (including phenoxy) is 1. The van der Waals surface area contributed by atoms with Crippen molar-refractivity contribution in [3.8, 4) is 0 Å². The molecule has 0 unspecified atom stereocenters. The highest BCUT2D eigenvalue weighted by atomic mass is 16.5. The molecule has 56 valence electrons. The zero-order chi connectivity index (χ0) is 7.40. The molecule has 0 aliphatic heterocycles. The van der Waals surface area contributed by atoms with Crippen LogP contribution in [0.25, 0.3) is 0 Å². The topological polar surface area (TPSA) is 59.9 Å². The van der Waals surface area contributed by atoms with Gasteiger partial charge in [0.05, 0.1) is 13.2 Å². The molecule has 1 aromatic heterocycles. The lowest BCUT2D eigenvalue weighted by atomic mass is 10.7. The number of nitrogens with one attached hydrogen (secondary N) is 1. The van der Waals surface area contributed by atoms with Crippen LogP contribution < -0.4 is 5.69 Å². The molecule has 0 amide bonds. The minimum atomic E-state index is -0.197. The normalized spacial score (nSPS) is 10.1. The Hall–Kier alpha value is -1.10. The first kappa shape index (κ1) is 7.01. The highest BCUT2D eigenvalue weighted by Gasteiger charge is 1.93. The third-order valence-corrected chi connectivity index (χ3v) is 1.15. The van der Waals surface area contributed by atoms with Crippen molar-refractivity contribution >= 4 is 0 Å². The van der Waals surface area contributed by atoms with Gasteiger partial charge in [-0.05, 0) is 0 Å². The van der Waals surface area contributed by atoms with Gasteiger partial charge in [0, 0.05) is 7.11 Å². The van der Waals surface area contributed by atoms with E-state index >= 15 is 0 Å². The van der Waals surface area contributed by atoms with Gasteiger partial charge in [0.25, 0.3) is 0 Å². The van der Waals surface area contributed by atoms with E-state index < -0.39 is 0 Å². The van der Waals surface area contributed by atoms with Gasteiger partial charge in [0.15, 0.2) is 0 Å². The third kappa shape index (κ3) is 1.44. The summed E-state index contributed by atoms with van der Waals surface area (Å²) in [7, 11) is 1.59. The smallest absolute Gasteiger partial charge is 0.343 e. The highest BCUT2D eigenvalue weighted by molar-refractivity contribution is 4.61. The van der Waals surface area contributed by atoms with Gasteiger partial charge in [-0.15, -0.1) is 0 Å². The molecule has 1 N–H and O–H groups in total. The number of H-pyrrole nitrogens is 1. The van der Waals surface area contributed by atoms with Crippen LogP contribution in [0.15, 0.2) is 11.1 Å². The second-order valence-corrected chi connectivity index (χ2v) is 1.85. The fourth-order valence-corrected chi connectivity index (χ4v) is 0.619. The lowest BCUT2D eigenvalue weighted by molar-refractivity contribution is 0.186. The second kappa shape index (κ2) is 3.17. The third-order valence-electron chi connectivity index (χ3n) is 1.15. The van der Waals surface area contributed by atoms with Crippen molar-refractivity contribution < 1.29 is 4.74 Å². The van der Waals surface area contributed by atoms with Crippen molar-refractivity contribution in [1.29, 1.82) is 0 Å². The summed E-state index contributed by atoms with van der Waals surface area (Å²) in [6, 6.07) is 0. The van der Waals surface area contributed by atoms with E-state index in [9.17, 15) is 4.79 Å². The van der Waals surface area contributed by atoms with Crippen LogP contribution in [-0.2, 0) is 11.3 Å². The molecule has 0 bridgehead atoms. The van der Waals surface area contributed by atoms with E-state index in [4.69, 9.17) is 4.74 Å². The Morgan fingerprint density at radius 3 is 3.20 bits per heavy atom. The van der Waals surface area contributed by atoms with E-state index in [1.54, 1.807) is 7.11 Å². The molecular weight excluding hydrogens is 134 g/mol. The average Bonchev–Trinajstić information content (AvgIpc) is 2.31. The SMILES string of the molecule is COCCn1cn[nH]c1=O. The quantitative estimate of drug-likeness (QED) is 0.603. The van der Waals surface area contributed by atoms with Gasteiger partial charge in [-0.25, -0.2) is 9.89 Å². The zero-order valence-corrected chi connectivity index (χ0v) is 5.70. The van der Waals surface area contributed by atoms with Crippen LogP contribution in [0.2, 0.25) is 0 Å². The molecular formula is C5H9N3O2. The van der Waals surface area contributed by atoms with Crippen LogP contribution in [0.4, 0.5) is 0 Å². The van der Waals surface area contributed by atoms with Crippen molar-refractivity contribution in [2.75, 3.05) is 13.7 Å². The first-order chi connectivity index (χ1) is 4.84. The molecule has 0 saturated heterocycles. The van der Waals surface area contributed by atoms with Gasteiger partial charge in [-0.1, -0.05) is 0 Å². The van der Waals surface area contributed by atoms with Crippen LogP contribution >= 0.6 is 0 Å². The van der Waals surface area contributed by atoms with E-state index in [1.165, 1.54) is 10.9 Å². The zero-order valence-electron chi connectivity index (χ0n) is 5.70. The molecule has 0 aliphatic rings. The Labute approximate surface area is 57.6 Å². The summed E-state index contributed by atoms with van der Waals surface area (Å²) in [5.41, 5.74) is -0.197. The van der Waals surface area contributed by atoms with Gasteiger partial charge in [0.2, 0.25) is 0 Å². The lowest BCUT2D eigenvalue weighted by Gasteiger charge is -1.95. The highest BCUT2D eigenvalue weighted by Crippen LogP contribution is 1.75. The number of methoxy groups -OCH3 is 1. The van der Waals surface area contributed by atoms with Gasteiger partial charge < -0.3 is 4.74 Å². The van der Waals surface area contributed by atoms with E-state index in [0.717, 1.165) is 0 Å². The number of nitrogens with zero attached hydrogens (tertiary/aromatic N) is 2. The molecule has 1 heterocycles. The Morgan fingerprint density at radius 2 is 2.70 bits per heavy atom. The Balaban J connectivity index is 2.57. The fourth-order valence-electron chi connectivity index (χ4n) is 0.619. The average molecular weight is 143 g/mol. The minimum Gasteiger partial charge on any atom is -0.383 e. The first-order valence-corrected chi connectivity index (χ1v) is 2.93. The summed E-state index contributed by atoms with van der Waals surface area (Å²) in [5, 5.41) is 5.82. The molecule has 5 heteroatoms. The molecule has 0 radical (unpaired) electrons. The van der Waals surface area contributed by atoms with E-state index in [2.05, 4.69) is 10.2 Å². The van der Waals surface area contributed by atoms with Crippen molar-refractivity contribution in [2.24, 2.45) is 0 Å². The predicted molar refractivity (Wildman–Crippen MR) is 34.7 cm³/mol. The Bertz CT molecular complexity index is 239. The summed E-state index contributed by atoms with van der Waals surface area (Å²) in [4.78, 5) is 10.7. The van der Waals surface area contributed by atoms with Crippen LogP contribution in [0, 0.1) is 0 Å². The van der Waals surface area contributed by atoms with Gasteiger partial charge >= 0.3 is 5.69 Å². The number of hydrogen-bond acceptors (Lipinski definition) is 3. The fraction of sp³-hybridized carbons (Fsp3) is 0.600. The molecule has 5 nitrogen and oxygen atoms in total. The van der Waals surface area contributed by atoms with Crippen LogP contribution in [0.3, 0.4) is 0 Å². The van der Waals surface area contributed by atoms with Gasteiger partial charge in [-0.3, -0.25) is 4.57 Å². The molecule has 0 aromatic carbocycles. The van der Waals surface area contributed by atoms with E-state index in [0.29, 0.717) is 13.2 Å². The Kier molecular flexibility index (Phi) is 2.22. The summed E-state index contributed by atoms with van der Waals surface area (Å²) < 4.78 is 6.22. The van der Waals surface area contributed by atoms with Gasteiger partial charge in [-0.2, -0.15) is 5.10 Å². The summed E-state index contributed by atoms with van der Waals surface area (Å²) in [6.07, 6.45) is 1.45. The number of aromatic amines is 1. The Morgan fingerprint density at radius 1 is 1.90 bits per heavy atom. The largest absolute Gasteiger partial charge is 0.383 e. The van der Waals surface area contributed by atoms with Crippen molar-refractivity contribution in [3.05, 3.63) is 16.8 Å². The van der Waals surface area contributed by atoms with Crippen molar-refractivity contribution in [2.45, 2.75) is 6.54 Å². The molecule has 0 atom stereocenters. The molecule has 1 rings (SSSR count).